The molecule has 10 heteroatoms. The molecular formula is C28H26N6O4. The summed E-state index contributed by atoms with van der Waals surface area (Å²) in [7, 11) is 4.99. The third-order valence-electron chi connectivity index (χ3n) is 6.32. The minimum atomic E-state index is -0.293. The summed E-state index contributed by atoms with van der Waals surface area (Å²) in [4.78, 5) is 40.2. The molecule has 0 saturated heterocycles. The normalized spacial score (nSPS) is 11.0. The van der Waals surface area contributed by atoms with Crippen LogP contribution in [0.2, 0.25) is 0 Å². The first-order chi connectivity index (χ1) is 18.4. The third kappa shape index (κ3) is 4.71. The van der Waals surface area contributed by atoms with Crippen LogP contribution in [-0.4, -0.2) is 57.1 Å². The molecule has 5 aromatic rings. The van der Waals surface area contributed by atoms with Crippen LogP contribution in [0.15, 0.2) is 77.9 Å². The van der Waals surface area contributed by atoms with Gasteiger partial charge in [-0.15, -0.1) is 10.2 Å². The second-order valence-corrected chi connectivity index (χ2v) is 9.05. The van der Waals surface area contributed by atoms with E-state index in [1.807, 2.05) is 36.4 Å². The number of benzene rings is 3. The average molecular weight is 511 g/mol. The SMILES string of the molecule is COc1ccc(CNC(=O)c2ccc3c(c2)c(=O)n(Cc2ccc(C(=O)N(C)C)cc2)c2nncn32)cc1. The van der Waals surface area contributed by atoms with Gasteiger partial charge in [0.05, 0.1) is 24.6 Å². The van der Waals surface area contributed by atoms with Crippen molar-refractivity contribution in [2.45, 2.75) is 13.1 Å². The summed E-state index contributed by atoms with van der Waals surface area (Å²) < 4.78 is 8.40. The molecule has 0 saturated carbocycles. The zero-order chi connectivity index (χ0) is 26.8. The fourth-order valence-electron chi connectivity index (χ4n) is 4.24. The maximum Gasteiger partial charge on any atom is 0.263 e. The predicted molar refractivity (Wildman–Crippen MR) is 142 cm³/mol. The van der Waals surface area contributed by atoms with Crippen molar-refractivity contribution < 1.29 is 14.3 Å². The van der Waals surface area contributed by atoms with Crippen LogP contribution in [0.5, 0.6) is 5.75 Å². The van der Waals surface area contributed by atoms with Crippen LogP contribution in [0.25, 0.3) is 16.7 Å². The van der Waals surface area contributed by atoms with Crippen LogP contribution >= 0.6 is 0 Å². The third-order valence-corrected chi connectivity index (χ3v) is 6.32. The van der Waals surface area contributed by atoms with Crippen molar-refractivity contribution in [3.05, 3.63) is 106 Å². The first kappa shape index (κ1) is 24.7. The topological polar surface area (TPSA) is 111 Å². The molecule has 0 atom stereocenters. The number of methoxy groups -OCH3 is 1. The number of hydrogen-bond donors (Lipinski definition) is 1. The van der Waals surface area contributed by atoms with Crippen LogP contribution in [0, 0.1) is 0 Å². The van der Waals surface area contributed by atoms with E-state index in [-0.39, 0.29) is 23.9 Å². The van der Waals surface area contributed by atoms with Gasteiger partial charge >= 0.3 is 0 Å². The highest BCUT2D eigenvalue weighted by Gasteiger charge is 2.16. The molecule has 38 heavy (non-hydrogen) atoms. The Morgan fingerprint density at radius 3 is 2.32 bits per heavy atom. The largest absolute Gasteiger partial charge is 0.497 e. The molecule has 3 aromatic carbocycles. The fourth-order valence-corrected chi connectivity index (χ4v) is 4.24. The van der Waals surface area contributed by atoms with Gasteiger partial charge in [-0.25, -0.2) is 0 Å². The second kappa shape index (κ2) is 10.2. The van der Waals surface area contributed by atoms with Gasteiger partial charge in [-0.2, -0.15) is 0 Å². The molecule has 0 aliphatic carbocycles. The second-order valence-electron chi connectivity index (χ2n) is 9.05. The molecule has 0 radical (unpaired) electrons. The van der Waals surface area contributed by atoms with Crippen molar-refractivity contribution in [2.75, 3.05) is 21.2 Å². The van der Waals surface area contributed by atoms with Crippen molar-refractivity contribution in [3.63, 3.8) is 0 Å². The average Bonchev–Trinajstić information content (AvgIpc) is 3.44. The first-order valence-corrected chi connectivity index (χ1v) is 11.9. The molecule has 2 aromatic heterocycles. The summed E-state index contributed by atoms with van der Waals surface area (Å²) >= 11 is 0. The van der Waals surface area contributed by atoms with Crippen LogP contribution < -0.4 is 15.6 Å². The number of nitrogens with one attached hydrogen (secondary N) is 1. The van der Waals surface area contributed by atoms with Gasteiger partial charge in [-0.05, 0) is 53.6 Å². The van der Waals surface area contributed by atoms with E-state index in [2.05, 4.69) is 15.5 Å². The van der Waals surface area contributed by atoms with Crippen LogP contribution in [-0.2, 0) is 13.1 Å². The number of aromatic nitrogens is 4. The summed E-state index contributed by atoms with van der Waals surface area (Å²) in [6.07, 6.45) is 1.54. The number of nitrogens with zero attached hydrogens (tertiary/aromatic N) is 5. The van der Waals surface area contributed by atoms with Crippen LogP contribution in [0.4, 0.5) is 0 Å². The molecule has 0 unspecified atom stereocenters. The molecule has 2 heterocycles. The van der Waals surface area contributed by atoms with E-state index >= 15 is 0 Å². The highest BCUT2D eigenvalue weighted by Crippen LogP contribution is 2.17. The molecule has 192 valence electrons. The summed E-state index contributed by atoms with van der Waals surface area (Å²) in [5.74, 6) is 0.729. The monoisotopic (exact) mass is 510 g/mol. The Morgan fingerprint density at radius 1 is 0.947 bits per heavy atom. The van der Waals surface area contributed by atoms with Gasteiger partial charge in [0.1, 0.15) is 12.1 Å². The highest BCUT2D eigenvalue weighted by molar-refractivity contribution is 5.98. The Kier molecular flexibility index (Phi) is 6.61. The number of carbonyl (C=O) groups excluding carboxylic acids is 2. The minimum Gasteiger partial charge on any atom is -0.497 e. The molecule has 2 amide bonds. The zero-order valence-corrected chi connectivity index (χ0v) is 21.2. The number of ether oxygens (including phenoxy) is 1. The summed E-state index contributed by atoms with van der Waals surface area (Å²) in [5.41, 5.74) is 2.98. The van der Waals surface area contributed by atoms with E-state index < -0.39 is 0 Å². The lowest BCUT2D eigenvalue weighted by Gasteiger charge is -2.13. The number of fused-ring (bicyclic) bond motifs is 3. The predicted octanol–water partition coefficient (Wildman–Crippen LogP) is 2.73. The smallest absolute Gasteiger partial charge is 0.263 e. The molecule has 0 fully saturated rings. The Labute approximate surface area is 218 Å². The minimum absolute atomic E-state index is 0.0999. The summed E-state index contributed by atoms with van der Waals surface area (Å²) in [6.45, 7) is 0.559. The quantitative estimate of drug-likeness (QED) is 0.361. The lowest BCUT2D eigenvalue weighted by atomic mass is 10.1. The molecule has 10 nitrogen and oxygen atoms in total. The maximum atomic E-state index is 13.6. The molecular weight excluding hydrogens is 484 g/mol. The van der Waals surface area contributed by atoms with Gasteiger partial charge in [-0.3, -0.25) is 23.4 Å². The number of hydrogen-bond acceptors (Lipinski definition) is 6. The Bertz CT molecular complexity index is 1700. The van der Waals surface area contributed by atoms with Gasteiger partial charge in [0.2, 0.25) is 5.78 Å². The standard InChI is InChI=1S/C28H26N6O4/c1-32(2)26(36)20-8-4-19(5-9-20)16-33-27(37)23-14-21(10-13-24(23)34-17-30-31-28(33)34)25(35)29-15-18-6-11-22(38-3)12-7-18/h4-14,17H,15-16H2,1-3H3,(H,29,35). The van der Waals surface area contributed by atoms with E-state index in [1.54, 1.807) is 55.9 Å². The molecule has 0 bridgehead atoms. The molecule has 0 aliphatic rings. The first-order valence-electron chi connectivity index (χ1n) is 11.9. The summed E-state index contributed by atoms with van der Waals surface area (Å²) in [6, 6.07) is 19.5. The molecule has 0 spiro atoms. The van der Waals surface area contributed by atoms with Crippen molar-refractivity contribution in [2.24, 2.45) is 0 Å². The Morgan fingerprint density at radius 2 is 1.63 bits per heavy atom. The number of carbonyl (C=O) groups is 2. The molecule has 0 aliphatic heterocycles. The Hall–Kier alpha value is -4.99. The van der Waals surface area contributed by atoms with Gasteiger partial charge in [0.25, 0.3) is 17.4 Å². The lowest BCUT2D eigenvalue weighted by Crippen LogP contribution is -2.26. The van der Waals surface area contributed by atoms with E-state index in [0.29, 0.717) is 34.4 Å². The van der Waals surface area contributed by atoms with E-state index in [0.717, 1.165) is 16.9 Å². The molecule has 5 rings (SSSR count). The van der Waals surface area contributed by atoms with Crippen molar-refractivity contribution in [3.8, 4) is 5.75 Å². The van der Waals surface area contributed by atoms with E-state index in [4.69, 9.17) is 4.74 Å². The van der Waals surface area contributed by atoms with E-state index in [1.165, 1.54) is 15.8 Å². The van der Waals surface area contributed by atoms with Gasteiger partial charge in [0.15, 0.2) is 0 Å². The highest BCUT2D eigenvalue weighted by atomic mass is 16.5. The lowest BCUT2D eigenvalue weighted by molar-refractivity contribution is 0.0827. The van der Waals surface area contributed by atoms with Crippen LogP contribution in [0.3, 0.4) is 0 Å². The van der Waals surface area contributed by atoms with Crippen molar-refractivity contribution >= 4 is 28.5 Å². The van der Waals surface area contributed by atoms with Gasteiger partial charge in [0, 0.05) is 31.8 Å². The summed E-state index contributed by atoms with van der Waals surface area (Å²) in [5, 5.41) is 11.4. The molecule has 1 N–H and O–H groups in total. The van der Waals surface area contributed by atoms with Crippen molar-refractivity contribution in [1.82, 2.24) is 29.4 Å². The fraction of sp³-hybridized carbons (Fsp3) is 0.179. The maximum absolute atomic E-state index is 13.6. The van der Waals surface area contributed by atoms with Crippen molar-refractivity contribution in [1.29, 1.82) is 0 Å². The Balaban J connectivity index is 1.45. The van der Waals surface area contributed by atoms with Gasteiger partial charge in [-0.1, -0.05) is 24.3 Å². The zero-order valence-electron chi connectivity index (χ0n) is 21.2. The van der Waals surface area contributed by atoms with Gasteiger partial charge < -0.3 is 15.0 Å². The van der Waals surface area contributed by atoms with E-state index in [9.17, 15) is 14.4 Å². The number of amides is 2. The number of rotatable bonds is 7. The van der Waals surface area contributed by atoms with Crippen LogP contribution in [0.1, 0.15) is 31.8 Å².